The first-order chi connectivity index (χ1) is 13.7. The summed E-state index contributed by atoms with van der Waals surface area (Å²) in [5, 5.41) is 4.35. The smallest absolute Gasteiger partial charge is 0.128 e. The fourth-order valence-electron chi connectivity index (χ4n) is 3.11. The molecule has 2 N–H and O–H groups in total. The van der Waals surface area contributed by atoms with Crippen LogP contribution in [0.25, 0.3) is 22.0 Å². The second-order valence-electron chi connectivity index (χ2n) is 6.46. The summed E-state index contributed by atoms with van der Waals surface area (Å²) in [6.45, 7) is 1.75. The minimum Gasteiger partial charge on any atom is -0.492 e. The second-order valence-corrected chi connectivity index (χ2v) is 6.46. The number of hydrogen-bond donors (Lipinski definition) is 2. The molecule has 2 aromatic carbocycles. The van der Waals surface area contributed by atoms with Gasteiger partial charge in [0.25, 0.3) is 0 Å². The molecule has 142 valence electrons. The van der Waals surface area contributed by atoms with Crippen molar-refractivity contribution in [1.29, 1.82) is 0 Å². The molecule has 2 heterocycles. The van der Waals surface area contributed by atoms with Crippen molar-refractivity contribution >= 4 is 10.9 Å². The molecule has 0 aliphatic carbocycles. The Labute approximate surface area is 161 Å². The predicted octanol–water partition coefficient (Wildman–Crippen LogP) is 4.68. The lowest BCUT2D eigenvalue weighted by Gasteiger charge is -2.09. The summed E-state index contributed by atoms with van der Waals surface area (Å²) >= 11 is 0. The minimum atomic E-state index is -0.604. The number of nitrogens with zero attached hydrogens (tertiary/aromatic N) is 1. The standard InChI is InChI=1S/C22H19F2N3O/c23-18-9-16(10-19(24)11-18)17-8-15(13-26-14-17)12-25-6-7-28-22-3-1-2-21-20(22)4-5-27-21/h1-5,8-11,13-14,25,27H,6-7,12H2. The van der Waals surface area contributed by atoms with Crippen LogP contribution in [0, 0.1) is 11.6 Å². The number of ether oxygens (including phenoxy) is 1. The summed E-state index contributed by atoms with van der Waals surface area (Å²) in [6.07, 6.45) is 5.21. The first-order valence-electron chi connectivity index (χ1n) is 8.99. The van der Waals surface area contributed by atoms with Crippen LogP contribution in [0.1, 0.15) is 5.56 Å². The average molecular weight is 379 g/mol. The number of nitrogens with one attached hydrogen (secondary N) is 2. The number of hydrogen-bond acceptors (Lipinski definition) is 3. The van der Waals surface area contributed by atoms with Crippen LogP contribution in [-0.2, 0) is 6.54 Å². The number of halogens is 2. The van der Waals surface area contributed by atoms with E-state index in [1.165, 1.54) is 12.1 Å². The fraction of sp³-hybridized carbons (Fsp3) is 0.136. The first kappa shape index (κ1) is 18.1. The number of aromatic amines is 1. The maximum atomic E-state index is 13.4. The molecule has 0 unspecified atom stereocenters. The van der Waals surface area contributed by atoms with Gasteiger partial charge in [0.1, 0.15) is 24.0 Å². The van der Waals surface area contributed by atoms with Crippen molar-refractivity contribution in [2.45, 2.75) is 6.54 Å². The minimum absolute atomic E-state index is 0.467. The molecule has 4 nitrogen and oxygen atoms in total. The Hall–Kier alpha value is -3.25. The average Bonchev–Trinajstić information content (AvgIpc) is 3.17. The van der Waals surface area contributed by atoms with Gasteiger partial charge in [-0.2, -0.15) is 0 Å². The zero-order chi connectivity index (χ0) is 19.3. The summed E-state index contributed by atoms with van der Waals surface area (Å²) in [6, 6.07) is 13.2. The third-order valence-corrected chi connectivity index (χ3v) is 4.41. The van der Waals surface area contributed by atoms with Crippen molar-refractivity contribution in [2.24, 2.45) is 0 Å². The van der Waals surface area contributed by atoms with Gasteiger partial charge in [-0.1, -0.05) is 6.07 Å². The van der Waals surface area contributed by atoms with Gasteiger partial charge in [-0.15, -0.1) is 0 Å². The molecule has 0 spiro atoms. The Kier molecular flexibility index (Phi) is 5.30. The van der Waals surface area contributed by atoms with Crippen molar-refractivity contribution in [3.8, 4) is 16.9 Å². The van der Waals surface area contributed by atoms with Gasteiger partial charge in [-0.25, -0.2) is 8.78 Å². The molecular weight excluding hydrogens is 360 g/mol. The number of rotatable bonds is 7. The molecule has 4 aromatic rings. The van der Waals surface area contributed by atoms with Gasteiger partial charge < -0.3 is 15.0 Å². The van der Waals surface area contributed by atoms with E-state index in [0.717, 1.165) is 28.3 Å². The number of benzene rings is 2. The van der Waals surface area contributed by atoms with E-state index in [-0.39, 0.29) is 0 Å². The second kappa shape index (κ2) is 8.19. The lowest BCUT2D eigenvalue weighted by molar-refractivity contribution is 0.317. The van der Waals surface area contributed by atoms with Crippen molar-refractivity contribution < 1.29 is 13.5 Å². The highest BCUT2D eigenvalue weighted by atomic mass is 19.1. The highest BCUT2D eigenvalue weighted by molar-refractivity contribution is 5.85. The number of aromatic nitrogens is 2. The summed E-state index contributed by atoms with van der Waals surface area (Å²) in [5.41, 5.74) is 3.11. The molecule has 0 aliphatic rings. The molecule has 0 aliphatic heterocycles. The van der Waals surface area contributed by atoms with Crippen LogP contribution < -0.4 is 10.1 Å². The molecule has 28 heavy (non-hydrogen) atoms. The Morgan fingerprint density at radius 3 is 2.68 bits per heavy atom. The summed E-state index contributed by atoms with van der Waals surface area (Å²) < 4.78 is 32.7. The van der Waals surface area contributed by atoms with Crippen LogP contribution >= 0.6 is 0 Å². The number of fused-ring (bicyclic) bond motifs is 1. The molecule has 0 fully saturated rings. The Balaban J connectivity index is 1.32. The van der Waals surface area contributed by atoms with E-state index in [1.807, 2.05) is 36.5 Å². The van der Waals surface area contributed by atoms with E-state index < -0.39 is 11.6 Å². The van der Waals surface area contributed by atoms with E-state index >= 15 is 0 Å². The monoisotopic (exact) mass is 379 g/mol. The van der Waals surface area contributed by atoms with Crippen LogP contribution in [0.5, 0.6) is 5.75 Å². The lowest BCUT2D eigenvalue weighted by atomic mass is 10.1. The molecule has 0 atom stereocenters. The molecule has 0 saturated heterocycles. The van der Waals surface area contributed by atoms with Crippen LogP contribution in [0.15, 0.2) is 67.1 Å². The summed E-state index contributed by atoms with van der Waals surface area (Å²) in [7, 11) is 0. The largest absolute Gasteiger partial charge is 0.492 e. The third kappa shape index (κ3) is 4.18. The summed E-state index contributed by atoms with van der Waals surface area (Å²) in [5.74, 6) is -0.362. The molecule has 6 heteroatoms. The molecule has 4 rings (SSSR count). The van der Waals surface area contributed by atoms with E-state index in [0.29, 0.717) is 30.8 Å². The zero-order valence-corrected chi connectivity index (χ0v) is 15.1. The topological polar surface area (TPSA) is 49.9 Å². The van der Waals surface area contributed by atoms with Gasteiger partial charge in [0.05, 0.1) is 0 Å². The van der Waals surface area contributed by atoms with E-state index in [2.05, 4.69) is 15.3 Å². The molecule has 2 aromatic heterocycles. The van der Waals surface area contributed by atoms with E-state index in [1.54, 1.807) is 12.4 Å². The number of H-pyrrole nitrogens is 1. The van der Waals surface area contributed by atoms with Crippen molar-refractivity contribution in [3.05, 3.63) is 84.3 Å². The fourth-order valence-corrected chi connectivity index (χ4v) is 3.11. The zero-order valence-electron chi connectivity index (χ0n) is 15.1. The van der Waals surface area contributed by atoms with Gasteiger partial charge in [0.15, 0.2) is 0 Å². The van der Waals surface area contributed by atoms with Crippen LogP contribution in [0.3, 0.4) is 0 Å². The van der Waals surface area contributed by atoms with Gasteiger partial charge in [0.2, 0.25) is 0 Å². The quantitative estimate of drug-likeness (QED) is 0.459. The first-order valence-corrected chi connectivity index (χ1v) is 8.99. The Morgan fingerprint density at radius 2 is 1.82 bits per heavy atom. The van der Waals surface area contributed by atoms with Gasteiger partial charge in [-0.3, -0.25) is 4.98 Å². The number of pyridine rings is 1. The molecule has 0 amide bonds. The van der Waals surface area contributed by atoms with Gasteiger partial charge in [-0.05, 0) is 47.5 Å². The van der Waals surface area contributed by atoms with E-state index in [4.69, 9.17) is 4.74 Å². The Bertz CT molecular complexity index is 1070. The van der Waals surface area contributed by atoms with Crippen LogP contribution in [0.4, 0.5) is 8.78 Å². The van der Waals surface area contributed by atoms with Crippen molar-refractivity contribution in [3.63, 3.8) is 0 Å². The molecular formula is C22H19F2N3O. The molecule has 0 bridgehead atoms. The highest BCUT2D eigenvalue weighted by Crippen LogP contribution is 2.24. The van der Waals surface area contributed by atoms with Crippen LogP contribution in [-0.4, -0.2) is 23.1 Å². The summed E-state index contributed by atoms with van der Waals surface area (Å²) in [4.78, 5) is 7.33. The predicted molar refractivity (Wildman–Crippen MR) is 105 cm³/mol. The maximum Gasteiger partial charge on any atom is 0.128 e. The molecule has 0 saturated carbocycles. The van der Waals surface area contributed by atoms with Gasteiger partial charge in [0, 0.05) is 54.2 Å². The van der Waals surface area contributed by atoms with E-state index in [9.17, 15) is 8.78 Å². The van der Waals surface area contributed by atoms with Gasteiger partial charge >= 0.3 is 0 Å². The van der Waals surface area contributed by atoms with Crippen molar-refractivity contribution in [1.82, 2.24) is 15.3 Å². The SMILES string of the molecule is Fc1cc(F)cc(-c2cncc(CNCCOc3cccc4[nH]ccc34)c2)c1. The highest BCUT2D eigenvalue weighted by Gasteiger charge is 2.05. The van der Waals surface area contributed by atoms with Crippen LogP contribution in [0.2, 0.25) is 0 Å². The van der Waals surface area contributed by atoms with Crippen molar-refractivity contribution in [2.75, 3.05) is 13.2 Å². The normalized spacial score (nSPS) is 11.1. The third-order valence-electron chi connectivity index (χ3n) is 4.41. The lowest BCUT2D eigenvalue weighted by Crippen LogP contribution is -2.20. The Morgan fingerprint density at radius 1 is 0.964 bits per heavy atom. The molecule has 0 radical (unpaired) electrons. The maximum absolute atomic E-state index is 13.4.